The molecule has 32 valence electrons. The lowest BCUT2D eigenvalue weighted by Gasteiger charge is -1.89. The molecule has 0 aliphatic rings. The summed E-state index contributed by atoms with van der Waals surface area (Å²) >= 11 is 3.99. The van der Waals surface area contributed by atoms with Gasteiger partial charge in [-0.3, -0.25) is 0 Å². The Balaban J connectivity index is 2.54. The molecule has 0 saturated carbocycles. The van der Waals surface area contributed by atoms with E-state index >= 15 is 0 Å². The van der Waals surface area contributed by atoms with Gasteiger partial charge < -0.3 is 0 Å². The van der Waals surface area contributed by atoms with Gasteiger partial charge in [-0.2, -0.15) is 12.6 Å². The molecule has 0 bridgehead atoms. The zero-order valence-electron chi connectivity index (χ0n) is 3.31. The van der Waals surface area contributed by atoms with Gasteiger partial charge in [0.25, 0.3) is 0 Å². The van der Waals surface area contributed by atoms with E-state index in [1.807, 2.05) is 0 Å². The molecule has 0 aromatic heterocycles. The summed E-state index contributed by atoms with van der Waals surface area (Å²) in [6.45, 7) is 2.11. The van der Waals surface area contributed by atoms with Gasteiger partial charge in [0.15, 0.2) is 0 Å². The lowest BCUT2D eigenvalue weighted by atomic mass is 10.6. The SMILES string of the molecule is C[C@H](P)CS. The minimum Gasteiger partial charge on any atom is -0.179 e. The quantitative estimate of drug-likeness (QED) is 0.378. The summed E-state index contributed by atoms with van der Waals surface area (Å²) < 4.78 is 0. The Labute approximate surface area is 41.0 Å². The Hall–Kier alpha value is 0.780. The molecule has 0 radical (unpaired) electrons. The van der Waals surface area contributed by atoms with Crippen molar-refractivity contribution in [3.05, 3.63) is 0 Å². The van der Waals surface area contributed by atoms with Crippen molar-refractivity contribution < 1.29 is 0 Å². The molecule has 0 saturated heterocycles. The van der Waals surface area contributed by atoms with Gasteiger partial charge in [0, 0.05) is 0 Å². The minimum absolute atomic E-state index is 0.665. The fourth-order valence-corrected chi connectivity index (χ4v) is 0. The normalized spacial score (nSPS) is 15.0. The zero-order valence-corrected chi connectivity index (χ0v) is 5.36. The Morgan fingerprint density at radius 1 is 2.00 bits per heavy atom. The van der Waals surface area contributed by atoms with Gasteiger partial charge in [-0.05, 0) is 11.4 Å². The molecule has 0 rings (SSSR count). The van der Waals surface area contributed by atoms with Gasteiger partial charge >= 0.3 is 0 Å². The average molecular weight is 108 g/mol. The molecule has 0 aromatic rings. The highest BCUT2D eigenvalue weighted by Gasteiger charge is 1.80. The minimum atomic E-state index is 0.665. The first kappa shape index (κ1) is 5.78. The predicted octanol–water partition coefficient (Wildman–Crippen LogP) is 1.18. The fraction of sp³-hybridized carbons (Fsp3) is 1.00. The predicted molar refractivity (Wildman–Crippen MR) is 33.0 cm³/mol. The standard InChI is InChI=1S/C3H9PS/c1-3(4)2-5/h3,5H,2,4H2,1H3/t3-/m0/s1. The smallest absolute Gasteiger partial charge is 0.00375 e. The monoisotopic (exact) mass is 108 g/mol. The Kier molecular flexibility index (Phi) is 3.46. The van der Waals surface area contributed by atoms with E-state index in [-0.39, 0.29) is 0 Å². The van der Waals surface area contributed by atoms with Crippen molar-refractivity contribution in [1.29, 1.82) is 0 Å². The zero-order chi connectivity index (χ0) is 4.28. The van der Waals surface area contributed by atoms with Crippen molar-refractivity contribution >= 4 is 21.9 Å². The number of hydrogen-bond acceptors (Lipinski definition) is 1. The Morgan fingerprint density at radius 3 is 2.20 bits per heavy atom. The molecule has 0 spiro atoms. The second-order valence-corrected chi connectivity index (χ2v) is 2.66. The fourth-order valence-electron chi connectivity index (χ4n) is 0. The molecule has 0 nitrogen and oxygen atoms in total. The summed E-state index contributed by atoms with van der Waals surface area (Å²) in [5.74, 6) is 0.963. The van der Waals surface area contributed by atoms with Crippen LogP contribution in [0.2, 0.25) is 0 Å². The maximum atomic E-state index is 3.99. The highest BCUT2D eigenvalue weighted by Crippen LogP contribution is 1.97. The third kappa shape index (κ3) is 4.78. The van der Waals surface area contributed by atoms with Gasteiger partial charge in [0.05, 0.1) is 0 Å². The van der Waals surface area contributed by atoms with E-state index in [0.717, 1.165) is 5.75 Å². The summed E-state index contributed by atoms with van der Waals surface area (Å²) in [5.41, 5.74) is 0.665. The third-order valence-electron chi connectivity index (χ3n) is 0.288. The first-order chi connectivity index (χ1) is 2.27. The van der Waals surface area contributed by atoms with E-state index in [1.54, 1.807) is 0 Å². The van der Waals surface area contributed by atoms with E-state index in [0.29, 0.717) is 5.66 Å². The van der Waals surface area contributed by atoms with Crippen molar-refractivity contribution in [1.82, 2.24) is 0 Å². The van der Waals surface area contributed by atoms with Gasteiger partial charge in [-0.1, -0.05) is 6.92 Å². The van der Waals surface area contributed by atoms with Crippen molar-refractivity contribution in [3.63, 3.8) is 0 Å². The molecule has 0 aliphatic carbocycles. The van der Waals surface area contributed by atoms with Crippen LogP contribution in [0.3, 0.4) is 0 Å². The molecule has 0 N–H and O–H groups in total. The molecule has 0 heterocycles. The molecule has 5 heavy (non-hydrogen) atoms. The summed E-state index contributed by atoms with van der Waals surface area (Å²) in [6.07, 6.45) is 0. The second kappa shape index (κ2) is 2.99. The summed E-state index contributed by atoms with van der Waals surface area (Å²) in [5, 5.41) is 0. The Bertz CT molecular complexity index is 20.9. The molecule has 0 fully saturated rings. The van der Waals surface area contributed by atoms with Crippen molar-refractivity contribution in [3.8, 4) is 0 Å². The molecule has 0 amide bonds. The van der Waals surface area contributed by atoms with E-state index < -0.39 is 0 Å². The second-order valence-electron chi connectivity index (χ2n) is 1.16. The summed E-state index contributed by atoms with van der Waals surface area (Å²) in [7, 11) is 2.66. The van der Waals surface area contributed by atoms with Crippen LogP contribution in [-0.2, 0) is 0 Å². The van der Waals surface area contributed by atoms with Crippen LogP contribution in [0, 0.1) is 0 Å². The first-order valence-electron chi connectivity index (χ1n) is 1.64. The molecule has 0 aromatic carbocycles. The summed E-state index contributed by atoms with van der Waals surface area (Å²) in [6, 6.07) is 0. The van der Waals surface area contributed by atoms with Crippen LogP contribution in [-0.4, -0.2) is 11.4 Å². The van der Waals surface area contributed by atoms with Crippen molar-refractivity contribution in [2.75, 3.05) is 5.75 Å². The van der Waals surface area contributed by atoms with Crippen LogP contribution in [0.15, 0.2) is 0 Å². The largest absolute Gasteiger partial charge is 0.179 e. The van der Waals surface area contributed by atoms with Crippen LogP contribution in [0.4, 0.5) is 0 Å². The maximum Gasteiger partial charge on any atom is -0.00375 e. The van der Waals surface area contributed by atoms with Crippen LogP contribution >= 0.6 is 21.9 Å². The number of thiol groups is 1. The third-order valence-corrected chi connectivity index (χ3v) is 1.50. The maximum absolute atomic E-state index is 3.99. The van der Waals surface area contributed by atoms with Gasteiger partial charge in [-0.15, -0.1) is 9.24 Å². The number of hydrogen-bond donors (Lipinski definition) is 1. The number of rotatable bonds is 1. The van der Waals surface area contributed by atoms with Crippen molar-refractivity contribution in [2.24, 2.45) is 0 Å². The van der Waals surface area contributed by atoms with E-state index in [1.165, 1.54) is 0 Å². The lowest BCUT2D eigenvalue weighted by Crippen LogP contribution is -1.86. The van der Waals surface area contributed by atoms with Crippen LogP contribution < -0.4 is 0 Å². The molecular weight excluding hydrogens is 99.1 g/mol. The first-order valence-corrected chi connectivity index (χ1v) is 2.93. The van der Waals surface area contributed by atoms with Crippen LogP contribution in [0.1, 0.15) is 6.92 Å². The van der Waals surface area contributed by atoms with E-state index in [9.17, 15) is 0 Å². The molecule has 1 unspecified atom stereocenters. The summed E-state index contributed by atoms with van der Waals surface area (Å²) in [4.78, 5) is 0. The van der Waals surface area contributed by atoms with E-state index in [2.05, 4.69) is 28.8 Å². The lowest BCUT2D eigenvalue weighted by molar-refractivity contribution is 1.14. The van der Waals surface area contributed by atoms with Gasteiger partial charge in [0.1, 0.15) is 0 Å². The molecular formula is C3H9PS. The molecule has 0 aliphatic heterocycles. The van der Waals surface area contributed by atoms with Gasteiger partial charge in [0.2, 0.25) is 0 Å². The highest BCUT2D eigenvalue weighted by molar-refractivity contribution is 7.80. The topological polar surface area (TPSA) is 0 Å². The molecule has 2 atom stereocenters. The molecule has 2 heteroatoms. The van der Waals surface area contributed by atoms with Gasteiger partial charge in [-0.25, -0.2) is 0 Å². The van der Waals surface area contributed by atoms with E-state index in [4.69, 9.17) is 0 Å². The Morgan fingerprint density at radius 2 is 2.20 bits per heavy atom. The van der Waals surface area contributed by atoms with Crippen molar-refractivity contribution in [2.45, 2.75) is 12.6 Å². The van der Waals surface area contributed by atoms with Crippen LogP contribution in [0.25, 0.3) is 0 Å². The van der Waals surface area contributed by atoms with Crippen LogP contribution in [0.5, 0.6) is 0 Å². The highest BCUT2D eigenvalue weighted by atomic mass is 32.1. The average Bonchev–Trinajstić information content (AvgIpc) is 1.38.